The molecule has 7 rings (SSSR count). The van der Waals surface area contributed by atoms with Gasteiger partial charge in [0.1, 0.15) is 69.6 Å². The number of carbonyl (C=O) groups is 12. The molecule has 31 heteroatoms. The highest BCUT2D eigenvalue weighted by Crippen LogP contribution is 2.45. The lowest BCUT2D eigenvalue weighted by Crippen LogP contribution is -2.69. The van der Waals surface area contributed by atoms with Gasteiger partial charge in [0, 0.05) is 75.2 Å². The highest BCUT2D eigenvalue weighted by molar-refractivity contribution is 5.82. The number of hydrogen-bond acceptors (Lipinski definition) is 30. The number of carbonyl (C=O) groups excluding carboxylic acids is 12. The van der Waals surface area contributed by atoms with Gasteiger partial charge in [0.2, 0.25) is 0 Å². The fourth-order valence-electron chi connectivity index (χ4n) is 11.2. The van der Waals surface area contributed by atoms with Crippen LogP contribution in [0.4, 0.5) is 4.79 Å². The van der Waals surface area contributed by atoms with Gasteiger partial charge in [0.25, 0.3) is 0 Å². The second kappa shape index (κ2) is 35.6. The zero-order chi connectivity index (χ0) is 70.6. The Morgan fingerprint density at radius 2 is 0.763 bits per heavy atom. The fraction of sp³-hybridized carbons (Fsp3) is 0.515. The van der Waals surface area contributed by atoms with Crippen LogP contribution in [0.15, 0.2) is 91.0 Å². The van der Waals surface area contributed by atoms with E-state index >= 15 is 0 Å². The number of fused-ring (bicyclic) bond motifs is 3. The number of nitrogens with one attached hydrogen (secondary N) is 1. The molecule has 0 saturated carbocycles. The molecule has 97 heavy (non-hydrogen) atoms. The summed E-state index contributed by atoms with van der Waals surface area (Å²) in [5.41, 5.74) is 4.59. The molecule has 0 spiro atoms. The third-order valence-electron chi connectivity index (χ3n) is 14.9. The Morgan fingerprint density at radius 1 is 0.392 bits per heavy atom. The van der Waals surface area contributed by atoms with E-state index in [0.717, 1.165) is 91.5 Å². The largest absolute Gasteiger partial charge is 0.463 e. The Labute approximate surface area is 556 Å². The molecule has 3 aromatic rings. The lowest BCUT2D eigenvalue weighted by molar-refractivity contribution is -0.379. The minimum Gasteiger partial charge on any atom is -0.463 e. The average molecular weight is 1360 g/mol. The second-order valence-electron chi connectivity index (χ2n) is 22.4. The van der Waals surface area contributed by atoms with E-state index in [-0.39, 0.29) is 25.6 Å². The summed E-state index contributed by atoms with van der Waals surface area (Å²) in [5, 5.41) is 2.61. The van der Waals surface area contributed by atoms with Crippen molar-refractivity contribution in [1.82, 2.24) is 5.32 Å². The first kappa shape index (κ1) is 75.0. The molecule has 4 aliphatic rings. The highest BCUT2D eigenvalue weighted by atomic mass is 16.8. The topological polar surface area (TPSA) is 383 Å². The Hall–Kier alpha value is -9.40. The van der Waals surface area contributed by atoms with Gasteiger partial charge in [-0.05, 0) is 34.2 Å². The molecule has 526 valence electrons. The first-order valence-electron chi connectivity index (χ1n) is 30.6. The average Bonchev–Trinajstić information content (AvgIpc) is 1.73. The first-order valence-corrected chi connectivity index (χ1v) is 30.6. The zero-order valence-corrected chi connectivity index (χ0v) is 54.7. The van der Waals surface area contributed by atoms with Crippen molar-refractivity contribution in [2.75, 3.05) is 33.0 Å². The predicted octanol–water partition coefficient (Wildman–Crippen LogP) is 3.76. The number of alkyl carbamates (subject to hydrolysis) is 1. The summed E-state index contributed by atoms with van der Waals surface area (Å²) in [6.45, 7) is 6.92. The van der Waals surface area contributed by atoms with Gasteiger partial charge < -0.3 is 90.6 Å². The van der Waals surface area contributed by atoms with E-state index in [9.17, 15) is 57.5 Å². The van der Waals surface area contributed by atoms with Crippen molar-refractivity contribution >= 4 is 71.8 Å². The van der Waals surface area contributed by atoms with Gasteiger partial charge in [-0.3, -0.25) is 47.9 Å². The van der Waals surface area contributed by atoms with Crippen LogP contribution in [0.1, 0.15) is 98.3 Å². The van der Waals surface area contributed by atoms with E-state index in [0.29, 0.717) is 5.56 Å². The molecular formula is C66H77NO30. The molecule has 0 aromatic heterocycles. The molecular weight excluding hydrogens is 1290 g/mol. The molecule has 6 unspecified atom stereocenters. The normalized spacial score (nSPS) is 26.0. The molecule has 3 fully saturated rings. The van der Waals surface area contributed by atoms with Crippen LogP contribution in [0, 0.1) is 0 Å². The maximum absolute atomic E-state index is 13.8. The van der Waals surface area contributed by atoms with Crippen molar-refractivity contribution < 1.29 is 143 Å². The molecule has 1 N–H and O–H groups in total. The molecule has 0 bridgehead atoms. The molecule has 3 saturated heterocycles. The summed E-state index contributed by atoms with van der Waals surface area (Å²) in [6, 6.07) is 23.0. The Bertz CT molecular complexity index is 3290. The van der Waals surface area contributed by atoms with Gasteiger partial charge in [-0.25, -0.2) is 9.59 Å². The van der Waals surface area contributed by atoms with E-state index in [1.807, 2.05) is 48.5 Å². The smallest absolute Gasteiger partial charge is 0.407 e. The number of benzene rings is 3. The predicted molar refractivity (Wildman–Crippen MR) is 322 cm³/mol. The van der Waals surface area contributed by atoms with Gasteiger partial charge in [0.15, 0.2) is 61.6 Å². The summed E-state index contributed by atoms with van der Waals surface area (Å²) >= 11 is 0. The van der Waals surface area contributed by atoms with Crippen LogP contribution in [0.25, 0.3) is 11.1 Å². The third kappa shape index (κ3) is 21.5. The van der Waals surface area contributed by atoms with Gasteiger partial charge in [-0.2, -0.15) is 0 Å². The van der Waals surface area contributed by atoms with Crippen LogP contribution >= 0.6 is 0 Å². The maximum Gasteiger partial charge on any atom is 0.407 e. The minimum absolute atomic E-state index is 0.0658. The lowest BCUT2D eigenvalue weighted by atomic mass is 9.95. The van der Waals surface area contributed by atoms with Crippen LogP contribution in [-0.2, 0) is 145 Å². The molecule has 3 heterocycles. The van der Waals surface area contributed by atoms with E-state index in [1.54, 1.807) is 30.3 Å². The quantitative estimate of drug-likeness (QED) is 0.0614. The van der Waals surface area contributed by atoms with Crippen LogP contribution in [-0.4, -0.2) is 203 Å². The second-order valence-corrected chi connectivity index (χ2v) is 22.4. The minimum atomic E-state index is -2.11. The Morgan fingerprint density at radius 3 is 1.20 bits per heavy atom. The molecule has 16 atom stereocenters. The van der Waals surface area contributed by atoms with Gasteiger partial charge in [-0.15, -0.1) is 0 Å². The summed E-state index contributed by atoms with van der Waals surface area (Å²) in [5.74, 6) is -11.0. The van der Waals surface area contributed by atoms with E-state index in [2.05, 4.69) is 5.32 Å². The number of ether oxygens (including phenoxy) is 18. The SMILES string of the molecule is CC(=O)OCC1O[C@@H](OCC=CC[C@H](NC(=O)OCC2c3ccccc3-c3ccccc32)C(=O)OCc2ccccc2)C(OC(C)=O)[C@@H](OC(C)=O)[C@@H]1O[C@@H]1OC(COC(C)=O)[C@H](O[C@H]2OC(COC(C)=O)[C@H](OC(C)=O)[C@H](OC(C)=O)C2OC(C)=O)[C@H](OC(C)=O)C1OC(C)=O. The fourth-order valence-corrected chi connectivity index (χ4v) is 11.2. The van der Waals surface area contributed by atoms with Crippen molar-refractivity contribution in [1.29, 1.82) is 0 Å². The van der Waals surface area contributed by atoms with Crippen molar-refractivity contribution in [3.05, 3.63) is 108 Å². The van der Waals surface area contributed by atoms with Crippen LogP contribution in [0.2, 0.25) is 0 Å². The van der Waals surface area contributed by atoms with Crippen molar-refractivity contribution in [2.24, 2.45) is 0 Å². The van der Waals surface area contributed by atoms with Crippen molar-refractivity contribution in [3.63, 3.8) is 0 Å². The lowest BCUT2D eigenvalue weighted by Gasteiger charge is -2.50. The third-order valence-corrected chi connectivity index (χ3v) is 14.9. The van der Waals surface area contributed by atoms with Gasteiger partial charge >= 0.3 is 71.8 Å². The van der Waals surface area contributed by atoms with Crippen LogP contribution < -0.4 is 5.32 Å². The number of rotatable bonds is 28. The van der Waals surface area contributed by atoms with E-state index < -0.39 is 196 Å². The maximum atomic E-state index is 13.8. The summed E-state index contributed by atoms with van der Waals surface area (Å²) in [7, 11) is 0. The van der Waals surface area contributed by atoms with Crippen molar-refractivity contribution in [3.8, 4) is 11.1 Å². The Balaban J connectivity index is 1.18. The van der Waals surface area contributed by atoms with Gasteiger partial charge in [-0.1, -0.05) is 91.0 Å². The number of amides is 1. The monoisotopic (exact) mass is 1360 g/mol. The highest BCUT2D eigenvalue weighted by Gasteiger charge is 2.60. The molecule has 1 amide bonds. The Kier molecular flexibility index (Phi) is 27.5. The standard InChI is InChI=1S/C66H77NO30/c1-33(68)81-30-50-53(86-36(4)71)56(87-37(5)72)60(91-41(9)76)64(94-50)97-55-52(32-83-35(3)70)95-65(61(92-42(10)77)58(55)89-39(7)74)96-54-51(31-82-34(2)69)93-63(59(90-40(8)75)57(54)88-38(6)73)80-27-19-18-26-49(62(78)84-28-43-20-12-11-13-21-43)67-66(79)85-29-48-46-24-16-14-22-44(46)45-23-15-17-25-47(45)48/h11-25,48-61,63-65H,26-32H2,1-10H3,(H,67,79)/t49-,50?,51?,52?,53-,54+,55-,56-,57-,58-,59?,60?,61?,63+,64+,65-/m0/s1. The van der Waals surface area contributed by atoms with Crippen LogP contribution in [0.3, 0.4) is 0 Å². The number of hydrogen-bond donors (Lipinski definition) is 1. The molecule has 0 radical (unpaired) electrons. The van der Waals surface area contributed by atoms with Gasteiger partial charge in [0.05, 0.1) is 6.61 Å². The summed E-state index contributed by atoms with van der Waals surface area (Å²) in [6.07, 6.45) is -26.0. The molecule has 31 nitrogen and oxygen atoms in total. The zero-order valence-electron chi connectivity index (χ0n) is 54.7. The van der Waals surface area contributed by atoms with Crippen molar-refractivity contribution in [2.45, 2.75) is 186 Å². The summed E-state index contributed by atoms with van der Waals surface area (Å²) in [4.78, 5) is 156. The molecule has 3 aliphatic heterocycles. The summed E-state index contributed by atoms with van der Waals surface area (Å²) < 4.78 is 105. The first-order chi connectivity index (χ1) is 46.2. The molecule has 1 aliphatic carbocycles. The van der Waals surface area contributed by atoms with E-state index in [4.69, 9.17) is 85.3 Å². The van der Waals surface area contributed by atoms with Crippen LogP contribution in [0.5, 0.6) is 0 Å². The van der Waals surface area contributed by atoms with E-state index in [1.165, 1.54) is 12.2 Å². The molecule has 3 aromatic carbocycles. The number of esters is 11.